The molecule has 7 nitrogen and oxygen atoms in total. The average molecular weight is 452 g/mol. The first-order chi connectivity index (χ1) is 15.7. The largest absolute Gasteiger partial charge is 0.466 e. The molecule has 4 rings (SSSR count). The predicted octanol–water partition coefficient (Wildman–Crippen LogP) is 4.16. The van der Waals surface area contributed by atoms with Crippen LogP contribution < -0.4 is 5.32 Å². The SMILES string of the molecule is COC(=O)C1=C(C)OC2(C[C@H]1NC(C)=O)O[C@@H](c1ccccc1C)[C@H](c1ccccc1C)O2. The van der Waals surface area contributed by atoms with Crippen LogP contribution >= 0.6 is 0 Å². The second-order valence-corrected chi connectivity index (χ2v) is 8.49. The van der Waals surface area contributed by atoms with Crippen LogP contribution in [0.3, 0.4) is 0 Å². The van der Waals surface area contributed by atoms with Crippen molar-refractivity contribution in [3.05, 3.63) is 82.1 Å². The van der Waals surface area contributed by atoms with E-state index in [2.05, 4.69) is 5.32 Å². The molecule has 1 amide bonds. The van der Waals surface area contributed by atoms with E-state index in [1.54, 1.807) is 6.92 Å². The smallest absolute Gasteiger partial charge is 0.339 e. The summed E-state index contributed by atoms with van der Waals surface area (Å²) >= 11 is 0. The molecular weight excluding hydrogens is 422 g/mol. The fourth-order valence-electron chi connectivity index (χ4n) is 4.64. The molecule has 1 N–H and O–H groups in total. The lowest BCUT2D eigenvalue weighted by molar-refractivity contribution is -0.336. The van der Waals surface area contributed by atoms with Gasteiger partial charge in [0.25, 0.3) is 0 Å². The number of ether oxygens (including phenoxy) is 4. The molecule has 2 aliphatic rings. The zero-order valence-electron chi connectivity index (χ0n) is 19.5. The molecule has 0 bridgehead atoms. The Kier molecular flexibility index (Phi) is 6.28. The van der Waals surface area contributed by atoms with Crippen molar-refractivity contribution in [2.45, 2.75) is 58.3 Å². The molecule has 2 aliphatic heterocycles. The van der Waals surface area contributed by atoms with Gasteiger partial charge in [0, 0.05) is 6.92 Å². The Morgan fingerprint density at radius 1 is 0.939 bits per heavy atom. The molecule has 7 heteroatoms. The molecule has 0 unspecified atom stereocenters. The van der Waals surface area contributed by atoms with Crippen LogP contribution in [-0.2, 0) is 28.5 Å². The Labute approximate surface area is 193 Å². The van der Waals surface area contributed by atoms with Gasteiger partial charge in [-0.1, -0.05) is 48.5 Å². The van der Waals surface area contributed by atoms with E-state index in [0.29, 0.717) is 5.76 Å². The van der Waals surface area contributed by atoms with Crippen LogP contribution in [0.15, 0.2) is 59.9 Å². The van der Waals surface area contributed by atoms with Crippen molar-refractivity contribution in [3.8, 4) is 0 Å². The minimum absolute atomic E-state index is 0.0963. The number of nitrogens with one attached hydrogen (secondary N) is 1. The lowest BCUT2D eigenvalue weighted by Gasteiger charge is -2.37. The van der Waals surface area contributed by atoms with E-state index < -0.39 is 30.2 Å². The fourth-order valence-corrected chi connectivity index (χ4v) is 4.64. The molecule has 174 valence electrons. The third kappa shape index (κ3) is 4.38. The normalized spacial score (nSPS) is 23.8. The van der Waals surface area contributed by atoms with E-state index in [1.807, 2.05) is 62.4 Å². The molecular formula is C26H29NO6. The standard InChI is InChI=1S/C26H29NO6/c1-15-10-6-8-12-19(15)23-24(20-13-9-7-11-16(20)2)33-26(32-23)14-21(27-18(4)28)22(17(3)31-26)25(29)30-5/h6-13,21,23-24H,14H2,1-5H3,(H,27,28)/t21-,23+,24+/m1/s1. The van der Waals surface area contributed by atoms with Crippen molar-refractivity contribution >= 4 is 11.9 Å². The first-order valence-electron chi connectivity index (χ1n) is 11.0. The number of esters is 1. The van der Waals surface area contributed by atoms with Crippen LogP contribution in [0, 0.1) is 13.8 Å². The first kappa shape index (κ1) is 23.0. The number of carbonyl (C=O) groups is 2. The summed E-state index contributed by atoms with van der Waals surface area (Å²) < 4.78 is 24.2. The van der Waals surface area contributed by atoms with Crippen molar-refractivity contribution in [3.63, 3.8) is 0 Å². The molecule has 2 aromatic rings. The Morgan fingerprint density at radius 3 is 1.91 bits per heavy atom. The van der Waals surface area contributed by atoms with Gasteiger partial charge < -0.3 is 24.3 Å². The first-order valence-corrected chi connectivity index (χ1v) is 11.0. The molecule has 33 heavy (non-hydrogen) atoms. The van der Waals surface area contributed by atoms with Gasteiger partial charge in [0.15, 0.2) is 0 Å². The molecule has 3 atom stereocenters. The molecule has 0 saturated carbocycles. The molecule has 0 aliphatic carbocycles. The fraction of sp³-hybridized carbons (Fsp3) is 0.385. The highest BCUT2D eigenvalue weighted by molar-refractivity contribution is 5.91. The van der Waals surface area contributed by atoms with E-state index in [1.165, 1.54) is 14.0 Å². The van der Waals surface area contributed by atoms with Crippen molar-refractivity contribution < 1.29 is 28.5 Å². The maximum absolute atomic E-state index is 12.4. The Hall–Kier alpha value is -3.16. The van der Waals surface area contributed by atoms with Crippen molar-refractivity contribution in [2.24, 2.45) is 0 Å². The third-order valence-electron chi connectivity index (χ3n) is 6.15. The second kappa shape index (κ2) is 9.00. The third-order valence-corrected chi connectivity index (χ3v) is 6.15. The van der Waals surface area contributed by atoms with E-state index >= 15 is 0 Å². The lowest BCUT2D eigenvalue weighted by Crippen LogP contribution is -2.50. The van der Waals surface area contributed by atoms with Crippen LogP contribution in [0.1, 0.15) is 54.7 Å². The minimum Gasteiger partial charge on any atom is -0.466 e. The molecule has 0 radical (unpaired) electrons. The Bertz CT molecular complexity index is 1050. The molecule has 2 aromatic carbocycles. The van der Waals surface area contributed by atoms with Crippen LogP contribution in [0.4, 0.5) is 0 Å². The number of carbonyl (C=O) groups excluding carboxylic acids is 2. The summed E-state index contributed by atoms with van der Waals surface area (Å²) in [5.41, 5.74) is 4.36. The topological polar surface area (TPSA) is 83.1 Å². The molecule has 1 spiro atoms. The number of aryl methyl sites for hydroxylation is 2. The monoisotopic (exact) mass is 451 g/mol. The van der Waals surface area contributed by atoms with Gasteiger partial charge in [0.1, 0.15) is 18.0 Å². The highest BCUT2D eigenvalue weighted by Gasteiger charge is 2.56. The highest BCUT2D eigenvalue weighted by Crippen LogP contribution is 2.52. The number of benzene rings is 2. The van der Waals surface area contributed by atoms with Crippen molar-refractivity contribution in [1.29, 1.82) is 0 Å². The Morgan fingerprint density at radius 2 is 1.45 bits per heavy atom. The molecule has 1 fully saturated rings. The summed E-state index contributed by atoms with van der Waals surface area (Å²) in [4.78, 5) is 24.4. The van der Waals surface area contributed by atoms with Gasteiger partial charge in [-0.3, -0.25) is 4.79 Å². The number of amides is 1. The Balaban J connectivity index is 1.79. The summed E-state index contributed by atoms with van der Waals surface area (Å²) in [6, 6.07) is 15.3. The van der Waals surface area contributed by atoms with Gasteiger partial charge in [-0.2, -0.15) is 0 Å². The van der Waals surface area contributed by atoms with Gasteiger partial charge in [0.05, 0.1) is 25.1 Å². The number of allylic oxidation sites excluding steroid dienone is 1. The van der Waals surface area contributed by atoms with E-state index in [0.717, 1.165) is 22.3 Å². The van der Waals surface area contributed by atoms with E-state index in [-0.39, 0.29) is 17.9 Å². The van der Waals surface area contributed by atoms with Crippen LogP contribution in [0.25, 0.3) is 0 Å². The van der Waals surface area contributed by atoms with Gasteiger partial charge >= 0.3 is 11.9 Å². The van der Waals surface area contributed by atoms with Crippen LogP contribution in [-0.4, -0.2) is 31.0 Å². The van der Waals surface area contributed by atoms with Crippen LogP contribution in [0.5, 0.6) is 0 Å². The summed E-state index contributed by atoms with van der Waals surface area (Å²) in [5, 5.41) is 2.82. The predicted molar refractivity (Wildman–Crippen MR) is 121 cm³/mol. The van der Waals surface area contributed by atoms with E-state index in [4.69, 9.17) is 18.9 Å². The average Bonchev–Trinajstić information content (AvgIpc) is 3.11. The quantitative estimate of drug-likeness (QED) is 0.703. The number of hydrogen-bond donors (Lipinski definition) is 1. The summed E-state index contributed by atoms with van der Waals surface area (Å²) in [5.74, 6) is -2.03. The zero-order valence-corrected chi connectivity index (χ0v) is 19.5. The van der Waals surface area contributed by atoms with Gasteiger partial charge in [-0.05, 0) is 43.0 Å². The number of methoxy groups -OCH3 is 1. The van der Waals surface area contributed by atoms with Gasteiger partial charge in [-0.25, -0.2) is 4.79 Å². The van der Waals surface area contributed by atoms with Gasteiger partial charge in [-0.15, -0.1) is 0 Å². The lowest BCUT2D eigenvalue weighted by atomic mass is 9.93. The minimum atomic E-state index is -1.48. The summed E-state index contributed by atoms with van der Waals surface area (Å²) in [6.45, 7) is 7.11. The van der Waals surface area contributed by atoms with Gasteiger partial charge in [0.2, 0.25) is 5.91 Å². The summed E-state index contributed by atoms with van der Waals surface area (Å²) in [6.07, 6.45) is -0.797. The number of hydrogen-bond acceptors (Lipinski definition) is 6. The maximum atomic E-state index is 12.4. The number of rotatable bonds is 4. The second-order valence-electron chi connectivity index (χ2n) is 8.49. The van der Waals surface area contributed by atoms with E-state index in [9.17, 15) is 9.59 Å². The molecule has 2 heterocycles. The van der Waals surface area contributed by atoms with Crippen LogP contribution in [0.2, 0.25) is 0 Å². The summed E-state index contributed by atoms with van der Waals surface area (Å²) in [7, 11) is 1.29. The van der Waals surface area contributed by atoms with Crippen molar-refractivity contribution in [1.82, 2.24) is 5.32 Å². The molecule has 0 aromatic heterocycles. The maximum Gasteiger partial charge on any atom is 0.339 e. The van der Waals surface area contributed by atoms with Crippen molar-refractivity contribution in [2.75, 3.05) is 7.11 Å². The zero-order chi connectivity index (χ0) is 23.8. The molecule has 1 saturated heterocycles. The highest BCUT2D eigenvalue weighted by atomic mass is 16.9.